The Morgan fingerprint density at radius 2 is 1.60 bits per heavy atom. The maximum Gasteiger partial charge on any atom is 0.0526 e. The molecule has 2 heteroatoms. The van der Waals surface area contributed by atoms with E-state index in [-0.39, 0.29) is 6.10 Å². The van der Waals surface area contributed by atoms with Gasteiger partial charge in [-0.1, -0.05) is 32.1 Å². The number of hydrogen-bond acceptors (Lipinski definition) is 2. The van der Waals surface area contributed by atoms with Crippen molar-refractivity contribution in [2.75, 3.05) is 0 Å². The Hall–Kier alpha value is -0.0800. The van der Waals surface area contributed by atoms with Gasteiger partial charge in [-0.2, -0.15) is 0 Å². The van der Waals surface area contributed by atoms with Crippen LogP contribution in [0.2, 0.25) is 0 Å². The minimum absolute atomic E-state index is 0.180. The highest BCUT2D eigenvalue weighted by Gasteiger charge is 2.14. The number of aliphatic hydroxyl groups excluding tert-OH is 1. The summed E-state index contributed by atoms with van der Waals surface area (Å²) < 4.78 is 0. The predicted octanol–water partition coefficient (Wildman–Crippen LogP) is 2.85. The first-order chi connectivity index (χ1) is 7.18. The highest BCUT2D eigenvalue weighted by atomic mass is 16.3. The Kier molecular flexibility index (Phi) is 6.26. The first-order valence-electron chi connectivity index (χ1n) is 6.62. The monoisotopic (exact) mass is 213 g/mol. The zero-order valence-corrected chi connectivity index (χ0v) is 10.3. The van der Waals surface area contributed by atoms with Crippen molar-refractivity contribution in [2.24, 2.45) is 0 Å². The molecule has 2 unspecified atom stereocenters. The van der Waals surface area contributed by atoms with E-state index in [1.165, 1.54) is 44.9 Å². The van der Waals surface area contributed by atoms with Gasteiger partial charge < -0.3 is 10.4 Å². The average Bonchev–Trinajstić information content (AvgIpc) is 2.08. The van der Waals surface area contributed by atoms with Crippen molar-refractivity contribution in [3.8, 4) is 0 Å². The summed E-state index contributed by atoms with van der Waals surface area (Å²) in [4.78, 5) is 0. The molecule has 1 aliphatic rings. The topological polar surface area (TPSA) is 32.3 Å². The van der Waals surface area contributed by atoms with Crippen LogP contribution in [0.15, 0.2) is 0 Å². The number of rotatable bonds is 4. The van der Waals surface area contributed by atoms with Crippen LogP contribution in [0, 0.1) is 0 Å². The van der Waals surface area contributed by atoms with E-state index in [1.54, 1.807) is 0 Å². The average molecular weight is 213 g/mol. The van der Waals surface area contributed by atoms with Crippen molar-refractivity contribution in [1.29, 1.82) is 0 Å². The lowest BCUT2D eigenvalue weighted by atomic mass is 9.96. The second kappa shape index (κ2) is 7.24. The summed E-state index contributed by atoms with van der Waals surface area (Å²) in [6.07, 6.45) is 10.3. The molecule has 0 aromatic rings. The molecule has 2 N–H and O–H groups in total. The third-order valence-electron chi connectivity index (χ3n) is 3.32. The van der Waals surface area contributed by atoms with Gasteiger partial charge in [0, 0.05) is 12.1 Å². The molecule has 0 aliphatic heterocycles. The van der Waals surface area contributed by atoms with E-state index in [0.717, 1.165) is 6.42 Å². The predicted molar refractivity (Wildman–Crippen MR) is 65.0 cm³/mol. The Balaban J connectivity index is 2.21. The second-order valence-electron chi connectivity index (χ2n) is 5.19. The van der Waals surface area contributed by atoms with Crippen molar-refractivity contribution < 1.29 is 5.11 Å². The molecule has 0 spiro atoms. The summed E-state index contributed by atoms with van der Waals surface area (Å²) in [6, 6.07) is 1.15. The van der Waals surface area contributed by atoms with Gasteiger partial charge in [0.05, 0.1) is 6.10 Å². The van der Waals surface area contributed by atoms with Crippen LogP contribution >= 0.6 is 0 Å². The van der Waals surface area contributed by atoms with Gasteiger partial charge in [-0.15, -0.1) is 0 Å². The van der Waals surface area contributed by atoms with E-state index < -0.39 is 0 Å². The maximum absolute atomic E-state index is 9.31. The van der Waals surface area contributed by atoms with Crippen LogP contribution in [0.4, 0.5) is 0 Å². The van der Waals surface area contributed by atoms with Crippen LogP contribution in [-0.4, -0.2) is 23.3 Å². The fraction of sp³-hybridized carbons (Fsp3) is 1.00. The molecule has 0 bridgehead atoms. The summed E-state index contributed by atoms with van der Waals surface area (Å²) >= 11 is 0. The summed E-state index contributed by atoms with van der Waals surface area (Å²) in [5, 5.41) is 13.0. The SMILES string of the molecule is CC(O)CC(C)NC1CCCCCCC1. The van der Waals surface area contributed by atoms with E-state index in [4.69, 9.17) is 0 Å². The van der Waals surface area contributed by atoms with Gasteiger partial charge in [0.1, 0.15) is 0 Å². The largest absolute Gasteiger partial charge is 0.393 e. The van der Waals surface area contributed by atoms with Crippen LogP contribution in [0.25, 0.3) is 0 Å². The zero-order chi connectivity index (χ0) is 11.1. The summed E-state index contributed by atoms with van der Waals surface area (Å²) in [6.45, 7) is 4.06. The Bertz CT molecular complexity index is 151. The van der Waals surface area contributed by atoms with E-state index in [2.05, 4.69) is 12.2 Å². The lowest BCUT2D eigenvalue weighted by Crippen LogP contribution is -2.38. The Labute approximate surface area is 94.5 Å². The molecule has 0 radical (unpaired) electrons. The second-order valence-corrected chi connectivity index (χ2v) is 5.19. The number of aliphatic hydroxyl groups is 1. The van der Waals surface area contributed by atoms with Crippen molar-refractivity contribution in [1.82, 2.24) is 5.32 Å². The molecular formula is C13H27NO. The highest BCUT2D eigenvalue weighted by molar-refractivity contribution is 4.74. The molecule has 0 amide bonds. The fourth-order valence-corrected chi connectivity index (χ4v) is 2.60. The maximum atomic E-state index is 9.31. The molecular weight excluding hydrogens is 186 g/mol. The quantitative estimate of drug-likeness (QED) is 0.752. The molecule has 1 aliphatic carbocycles. The van der Waals surface area contributed by atoms with Gasteiger partial charge in [-0.3, -0.25) is 0 Å². The summed E-state index contributed by atoms with van der Waals surface area (Å²) in [7, 11) is 0. The van der Waals surface area contributed by atoms with Crippen LogP contribution in [0.1, 0.15) is 65.2 Å². The molecule has 0 aromatic carbocycles. The van der Waals surface area contributed by atoms with E-state index in [9.17, 15) is 5.11 Å². The normalized spacial score (nSPS) is 24.2. The van der Waals surface area contributed by atoms with E-state index >= 15 is 0 Å². The van der Waals surface area contributed by atoms with Crippen LogP contribution in [0.3, 0.4) is 0 Å². The molecule has 2 nitrogen and oxygen atoms in total. The van der Waals surface area contributed by atoms with Gasteiger partial charge in [-0.05, 0) is 33.1 Å². The van der Waals surface area contributed by atoms with Crippen molar-refractivity contribution >= 4 is 0 Å². The molecule has 0 heterocycles. The number of nitrogens with one attached hydrogen (secondary N) is 1. The standard InChI is InChI=1S/C13H27NO/c1-11(10-12(2)15)14-13-8-6-4-3-5-7-9-13/h11-15H,3-10H2,1-2H3. The van der Waals surface area contributed by atoms with E-state index in [1.807, 2.05) is 6.92 Å². The lowest BCUT2D eigenvalue weighted by molar-refractivity contribution is 0.166. The molecule has 1 rings (SSSR count). The molecule has 0 saturated heterocycles. The first kappa shape index (κ1) is 13.0. The van der Waals surface area contributed by atoms with Crippen molar-refractivity contribution in [2.45, 2.75) is 83.4 Å². The minimum atomic E-state index is -0.180. The van der Waals surface area contributed by atoms with Crippen LogP contribution in [-0.2, 0) is 0 Å². The molecule has 0 aromatic heterocycles. The fourth-order valence-electron chi connectivity index (χ4n) is 2.60. The van der Waals surface area contributed by atoms with Crippen LogP contribution < -0.4 is 5.32 Å². The highest BCUT2D eigenvalue weighted by Crippen LogP contribution is 2.17. The Morgan fingerprint density at radius 3 is 2.13 bits per heavy atom. The molecule has 1 fully saturated rings. The third kappa shape index (κ3) is 6.16. The third-order valence-corrected chi connectivity index (χ3v) is 3.32. The first-order valence-corrected chi connectivity index (χ1v) is 6.62. The van der Waals surface area contributed by atoms with Crippen LogP contribution in [0.5, 0.6) is 0 Å². The van der Waals surface area contributed by atoms with Gasteiger partial charge in [-0.25, -0.2) is 0 Å². The van der Waals surface area contributed by atoms with Crippen molar-refractivity contribution in [3.63, 3.8) is 0 Å². The smallest absolute Gasteiger partial charge is 0.0526 e. The van der Waals surface area contributed by atoms with Gasteiger partial charge in [0.15, 0.2) is 0 Å². The van der Waals surface area contributed by atoms with Crippen molar-refractivity contribution in [3.05, 3.63) is 0 Å². The number of hydrogen-bond donors (Lipinski definition) is 2. The van der Waals surface area contributed by atoms with Gasteiger partial charge >= 0.3 is 0 Å². The van der Waals surface area contributed by atoms with E-state index in [0.29, 0.717) is 12.1 Å². The minimum Gasteiger partial charge on any atom is -0.393 e. The molecule has 1 saturated carbocycles. The zero-order valence-electron chi connectivity index (χ0n) is 10.3. The van der Waals surface area contributed by atoms with Gasteiger partial charge in [0.25, 0.3) is 0 Å². The van der Waals surface area contributed by atoms with Gasteiger partial charge in [0.2, 0.25) is 0 Å². The lowest BCUT2D eigenvalue weighted by Gasteiger charge is -2.25. The molecule has 90 valence electrons. The molecule has 2 atom stereocenters. The molecule has 15 heavy (non-hydrogen) atoms. The summed E-state index contributed by atoms with van der Waals surface area (Å²) in [5.41, 5.74) is 0. The Morgan fingerprint density at radius 1 is 1.07 bits per heavy atom. The summed E-state index contributed by atoms with van der Waals surface area (Å²) in [5.74, 6) is 0.